The van der Waals surface area contributed by atoms with E-state index in [0.717, 1.165) is 0 Å². The minimum absolute atomic E-state index is 0.565. The Morgan fingerprint density at radius 2 is 2.11 bits per heavy atom. The normalized spacial score (nSPS) is 11.8. The average Bonchev–Trinajstić information content (AvgIpc) is 1.82. The van der Waals surface area contributed by atoms with Crippen LogP contribution in [-0.4, -0.2) is 7.05 Å². The lowest BCUT2D eigenvalue weighted by molar-refractivity contribution is 0.781. The second kappa shape index (κ2) is 4.19. The van der Waals surface area contributed by atoms with Gasteiger partial charge >= 0.3 is 0 Å². The molecule has 0 aromatic rings. The maximum Gasteiger partial charge on any atom is 0.00278 e. The Hall–Kier alpha value is -0.720. The summed E-state index contributed by atoms with van der Waals surface area (Å²) in [5.74, 6) is 0.565. The number of allylic oxidation sites excluding steroid dienone is 2. The third kappa shape index (κ3) is 2.96. The number of rotatable bonds is 3. The number of hydrogen-bond donors (Lipinski definition) is 1. The Balaban J connectivity index is 3.97. The maximum absolute atomic E-state index is 3.69. The molecule has 0 aromatic carbocycles. The molecule has 52 valence electrons. The van der Waals surface area contributed by atoms with Crippen molar-refractivity contribution in [3.05, 3.63) is 24.4 Å². The molecule has 0 radical (unpaired) electrons. The fraction of sp³-hybridized carbons (Fsp3) is 0.500. The van der Waals surface area contributed by atoms with Crippen LogP contribution < -0.4 is 5.32 Å². The summed E-state index contributed by atoms with van der Waals surface area (Å²) >= 11 is 0. The van der Waals surface area contributed by atoms with E-state index in [1.54, 1.807) is 0 Å². The van der Waals surface area contributed by atoms with Crippen LogP contribution in [-0.2, 0) is 0 Å². The topological polar surface area (TPSA) is 12.0 Å². The number of nitrogens with one attached hydrogen (secondary N) is 1. The summed E-state index contributed by atoms with van der Waals surface area (Å²) in [4.78, 5) is 0. The minimum Gasteiger partial charge on any atom is -0.394 e. The highest BCUT2D eigenvalue weighted by Gasteiger charge is 1.94. The highest BCUT2D eigenvalue weighted by atomic mass is 14.8. The van der Waals surface area contributed by atoms with Crippen molar-refractivity contribution in [1.82, 2.24) is 5.32 Å². The van der Waals surface area contributed by atoms with E-state index in [1.165, 1.54) is 5.57 Å². The van der Waals surface area contributed by atoms with Crippen molar-refractivity contribution in [2.45, 2.75) is 13.8 Å². The van der Waals surface area contributed by atoms with E-state index in [4.69, 9.17) is 0 Å². The first-order chi connectivity index (χ1) is 4.22. The largest absolute Gasteiger partial charge is 0.394 e. The molecule has 0 aromatic heterocycles. The minimum atomic E-state index is 0.565. The molecule has 0 unspecified atom stereocenters. The summed E-state index contributed by atoms with van der Waals surface area (Å²) in [6, 6.07) is 0. The number of hydrogen-bond acceptors (Lipinski definition) is 1. The molecule has 0 atom stereocenters. The average molecular weight is 125 g/mol. The van der Waals surface area contributed by atoms with Crippen molar-refractivity contribution < 1.29 is 0 Å². The predicted molar refractivity (Wildman–Crippen MR) is 42.2 cm³/mol. The SMILES string of the molecule is C=C/C(=C/NC)C(C)C. The Morgan fingerprint density at radius 3 is 2.22 bits per heavy atom. The van der Waals surface area contributed by atoms with E-state index in [9.17, 15) is 0 Å². The van der Waals surface area contributed by atoms with Gasteiger partial charge in [0.2, 0.25) is 0 Å². The molecule has 0 aliphatic rings. The Kier molecular flexibility index (Phi) is 3.85. The van der Waals surface area contributed by atoms with Crippen LogP contribution in [0.4, 0.5) is 0 Å². The summed E-state index contributed by atoms with van der Waals surface area (Å²) in [5.41, 5.74) is 1.25. The lowest BCUT2D eigenvalue weighted by Crippen LogP contribution is -1.99. The van der Waals surface area contributed by atoms with Gasteiger partial charge in [-0.3, -0.25) is 0 Å². The van der Waals surface area contributed by atoms with Crippen molar-refractivity contribution in [2.75, 3.05) is 7.05 Å². The molecule has 9 heavy (non-hydrogen) atoms. The van der Waals surface area contributed by atoms with Crippen molar-refractivity contribution >= 4 is 0 Å². The van der Waals surface area contributed by atoms with Gasteiger partial charge in [-0.05, 0) is 17.7 Å². The first kappa shape index (κ1) is 8.28. The Morgan fingerprint density at radius 1 is 1.56 bits per heavy atom. The fourth-order valence-electron chi connectivity index (χ4n) is 0.628. The van der Waals surface area contributed by atoms with E-state index in [2.05, 4.69) is 25.7 Å². The molecule has 1 N–H and O–H groups in total. The van der Waals surface area contributed by atoms with Gasteiger partial charge in [0.05, 0.1) is 0 Å². The molecule has 0 aliphatic heterocycles. The van der Waals surface area contributed by atoms with E-state index < -0.39 is 0 Å². The molecule has 0 heterocycles. The van der Waals surface area contributed by atoms with Crippen LogP contribution in [0, 0.1) is 5.92 Å². The fourth-order valence-corrected chi connectivity index (χ4v) is 0.628. The van der Waals surface area contributed by atoms with Gasteiger partial charge in [-0.25, -0.2) is 0 Å². The van der Waals surface area contributed by atoms with E-state index >= 15 is 0 Å². The molecular formula is C8H15N. The van der Waals surface area contributed by atoms with Gasteiger partial charge in [-0.1, -0.05) is 26.5 Å². The van der Waals surface area contributed by atoms with E-state index in [-0.39, 0.29) is 0 Å². The smallest absolute Gasteiger partial charge is 0.00278 e. The summed E-state index contributed by atoms with van der Waals surface area (Å²) in [6.45, 7) is 7.98. The van der Waals surface area contributed by atoms with Crippen LogP contribution in [0.25, 0.3) is 0 Å². The third-order valence-corrected chi connectivity index (χ3v) is 1.21. The van der Waals surface area contributed by atoms with Crippen LogP contribution in [0.1, 0.15) is 13.8 Å². The quantitative estimate of drug-likeness (QED) is 0.568. The first-order valence-corrected chi connectivity index (χ1v) is 3.22. The molecule has 0 saturated heterocycles. The molecule has 0 rings (SSSR count). The lowest BCUT2D eigenvalue weighted by atomic mass is 10.1. The molecule has 1 heteroatoms. The monoisotopic (exact) mass is 125 g/mol. The molecule has 1 nitrogen and oxygen atoms in total. The molecule has 0 fully saturated rings. The summed E-state index contributed by atoms with van der Waals surface area (Å²) in [5, 5.41) is 2.97. The van der Waals surface area contributed by atoms with Gasteiger partial charge in [-0.2, -0.15) is 0 Å². The third-order valence-electron chi connectivity index (χ3n) is 1.21. The van der Waals surface area contributed by atoms with Gasteiger partial charge in [0.25, 0.3) is 0 Å². The van der Waals surface area contributed by atoms with Gasteiger partial charge in [0.15, 0.2) is 0 Å². The molecule has 0 aliphatic carbocycles. The highest BCUT2D eigenvalue weighted by molar-refractivity contribution is 5.16. The standard InChI is InChI=1S/C8H15N/c1-5-8(6-9-4)7(2)3/h5-7,9H,1H2,2-4H3/b8-6-. The van der Waals surface area contributed by atoms with Crippen molar-refractivity contribution in [2.24, 2.45) is 5.92 Å². The van der Waals surface area contributed by atoms with Crippen LogP contribution in [0.15, 0.2) is 24.4 Å². The van der Waals surface area contributed by atoms with Gasteiger partial charge < -0.3 is 5.32 Å². The molecular weight excluding hydrogens is 110 g/mol. The Labute approximate surface area is 57.5 Å². The van der Waals surface area contributed by atoms with Crippen molar-refractivity contribution in [1.29, 1.82) is 0 Å². The second-order valence-corrected chi connectivity index (χ2v) is 2.29. The molecule has 0 amide bonds. The van der Waals surface area contributed by atoms with E-state index in [1.807, 2.05) is 19.3 Å². The Bertz CT molecular complexity index is 112. The van der Waals surface area contributed by atoms with E-state index in [0.29, 0.717) is 5.92 Å². The van der Waals surface area contributed by atoms with Gasteiger partial charge in [0, 0.05) is 7.05 Å². The maximum atomic E-state index is 3.69. The van der Waals surface area contributed by atoms with Crippen LogP contribution in [0.2, 0.25) is 0 Å². The molecule has 0 saturated carbocycles. The van der Waals surface area contributed by atoms with Crippen LogP contribution in [0.3, 0.4) is 0 Å². The zero-order valence-electron chi connectivity index (χ0n) is 6.44. The van der Waals surface area contributed by atoms with Gasteiger partial charge in [-0.15, -0.1) is 0 Å². The first-order valence-electron chi connectivity index (χ1n) is 3.22. The van der Waals surface area contributed by atoms with Crippen LogP contribution >= 0.6 is 0 Å². The molecule has 0 spiro atoms. The van der Waals surface area contributed by atoms with Crippen molar-refractivity contribution in [3.8, 4) is 0 Å². The second-order valence-electron chi connectivity index (χ2n) is 2.29. The zero-order valence-corrected chi connectivity index (χ0v) is 6.44. The predicted octanol–water partition coefficient (Wildman–Crippen LogP) is 1.93. The van der Waals surface area contributed by atoms with Gasteiger partial charge in [0.1, 0.15) is 0 Å². The summed E-state index contributed by atoms with van der Waals surface area (Å²) in [7, 11) is 1.89. The summed E-state index contributed by atoms with van der Waals surface area (Å²) < 4.78 is 0. The van der Waals surface area contributed by atoms with Crippen LogP contribution in [0.5, 0.6) is 0 Å². The molecule has 0 bridgehead atoms. The highest BCUT2D eigenvalue weighted by Crippen LogP contribution is 2.07. The summed E-state index contributed by atoms with van der Waals surface area (Å²) in [6.07, 6.45) is 3.85. The van der Waals surface area contributed by atoms with Crippen molar-refractivity contribution in [3.63, 3.8) is 0 Å². The lowest BCUT2D eigenvalue weighted by Gasteiger charge is -2.04. The zero-order chi connectivity index (χ0) is 7.28.